The average molecular weight is 408 g/mol. The number of nitrogens with one attached hydrogen (secondary N) is 3. The van der Waals surface area contributed by atoms with Crippen LogP contribution in [0.1, 0.15) is 58.8 Å². The van der Waals surface area contributed by atoms with Crippen LogP contribution in [0.2, 0.25) is 0 Å². The molecule has 162 valence electrons. The van der Waals surface area contributed by atoms with Crippen molar-refractivity contribution in [1.29, 1.82) is 0 Å². The summed E-state index contributed by atoms with van der Waals surface area (Å²) in [4.78, 5) is 47.7. The fourth-order valence-electron chi connectivity index (χ4n) is 5.68. The molecular weight excluding hydrogens is 374 g/mol. The summed E-state index contributed by atoms with van der Waals surface area (Å²) in [5.41, 5.74) is -0.227. The van der Waals surface area contributed by atoms with Crippen LogP contribution in [0.5, 0.6) is 0 Å². The Morgan fingerprint density at radius 3 is 2.07 bits per heavy atom. The van der Waals surface area contributed by atoms with Gasteiger partial charge in [-0.2, -0.15) is 0 Å². The summed E-state index contributed by atoms with van der Waals surface area (Å²) in [7, 11) is 0. The normalized spacial score (nSPS) is 29.4. The molecule has 4 saturated carbocycles. The van der Waals surface area contributed by atoms with Crippen molar-refractivity contribution in [2.24, 2.45) is 23.2 Å². The Morgan fingerprint density at radius 2 is 1.52 bits per heavy atom. The smallest absolute Gasteiger partial charge is 0.308 e. The van der Waals surface area contributed by atoms with Gasteiger partial charge in [-0.3, -0.25) is 19.2 Å². The average Bonchev–Trinajstić information content (AvgIpc) is 2.63. The molecule has 0 aromatic rings. The topological polar surface area (TPSA) is 114 Å². The van der Waals surface area contributed by atoms with E-state index in [1.165, 1.54) is 19.3 Å². The van der Waals surface area contributed by atoms with Gasteiger partial charge in [0.1, 0.15) is 0 Å². The lowest BCUT2D eigenvalue weighted by Crippen LogP contribution is -2.53. The van der Waals surface area contributed by atoms with Crippen molar-refractivity contribution < 1.29 is 23.9 Å². The maximum Gasteiger partial charge on any atom is 0.308 e. The molecule has 8 nitrogen and oxygen atoms in total. The zero-order valence-corrected chi connectivity index (χ0v) is 17.4. The highest BCUT2D eigenvalue weighted by Gasteiger charge is 2.54. The molecule has 0 atom stereocenters. The third kappa shape index (κ3) is 5.70. The van der Waals surface area contributed by atoms with Crippen LogP contribution < -0.4 is 16.0 Å². The highest BCUT2D eigenvalue weighted by Crippen LogP contribution is 2.60. The van der Waals surface area contributed by atoms with E-state index >= 15 is 0 Å². The van der Waals surface area contributed by atoms with E-state index in [1.54, 1.807) is 0 Å². The van der Waals surface area contributed by atoms with E-state index in [4.69, 9.17) is 4.74 Å². The van der Waals surface area contributed by atoms with Crippen LogP contribution in [0.3, 0.4) is 0 Å². The molecule has 0 aliphatic heterocycles. The van der Waals surface area contributed by atoms with Crippen LogP contribution in [-0.4, -0.2) is 49.4 Å². The molecule has 0 aromatic carbocycles. The van der Waals surface area contributed by atoms with Gasteiger partial charge >= 0.3 is 5.97 Å². The van der Waals surface area contributed by atoms with Crippen molar-refractivity contribution >= 4 is 23.7 Å². The second-order valence-corrected chi connectivity index (χ2v) is 9.36. The minimum absolute atomic E-state index is 0.00845. The number of carbonyl (C=O) groups excluding carboxylic acids is 4. The molecule has 4 aliphatic carbocycles. The second-order valence-electron chi connectivity index (χ2n) is 9.36. The monoisotopic (exact) mass is 407 g/mol. The SMILES string of the molecule is CC(C)NC(=O)CNC(=O)COC(=O)CCNC(=O)C12CC3CC(CC(C3)C1)C2. The van der Waals surface area contributed by atoms with Crippen molar-refractivity contribution in [3.8, 4) is 0 Å². The molecule has 0 spiro atoms. The standard InChI is InChI=1S/C21H33N3O5/c1-13(2)24-17(25)11-23-18(26)12-29-19(27)3-4-22-20(28)21-8-14-5-15(9-21)7-16(6-14)10-21/h13-16H,3-12H2,1-2H3,(H,22,28)(H,23,26)(H,24,25). The van der Waals surface area contributed by atoms with Crippen LogP contribution >= 0.6 is 0 Å². The van der Waals surface area contributed by atoms with E-state index in [0.717, 1.165) is 19.3 Å². The van der Waals surface area contributed by atoms with Crippen LogP contribution in [-0.2, 0) is 23.9 Å². The van der Waals surface area contributed by atoms with Gasteiger partial charge in [0, 0.05) is 18.0 Å². The van der Waals surface area contributed by atoms with Gasteiger partial charge in [-0.15, -0.1) is 0 Å². The minimum Gasteiger partial charge on any atom is -0.456 e. The van der Waals surface area contributed by atoms with Crippen molar-refractivity contribution in [1.82, 2.24) is 16.0 Å². The molecule has 4 fully saturated rings. The largest absolute Gasteiger partial charge is 0.456 e. The number of esters is 1. The summed E-state index contributed by atoms with van der Waals surface area (Å²) in [5, 5.41) is 7.96. The van der Waals surface area contributed by atoms with Crippen molar-refractivity contribution in [2.75, 3.05) is 19.7 Å². The van der Waals surface area contributed by atoms with Gasteiger partial charge in [0.05, 0.1) is 13.0 Å². The first-order valence-corrected chi connectivity index (χ1v) is 10.8. The Kier molecular flexibility index (Phi) is 6.80. The van der Waals surface area contributed by atoms with Crippen LogP contribution in [0, 0.1) is 23.2 Å². The van der Waals surface area contributed by atoms with Gasteiger partial charge < -0.3 is 20.7 Å². The van der Waals surface area contributed by atoms with Crippen LogP contribution in [0.25, 0.3) is 0 Å². The maximum absolute atomic E-state index is 12.8. The van der Waals surface area contributed by atoms with Gasteiger partial charge in [-0.05, 0) is 70.1 Å². The Labute approximate surface area is 171 Å². The molecule has 3 N–H and O–H groups in total. The number of amides is 3. The quantitative estimate of drug-likeness (QED) is 0.491. The fourth-order valence-corrected chi connectivity index (χ4v) is 5.68. The lowest BCUT2D eigenvalue weighted by Gasteiger charge is -2.55. The van der Waals surface area contributed by atoms with Crippen LogP contribution in [0.4, 0.5) is 0 Å². The Morgan fingerprint density at radius 1 is 0.931 bits per heavy atom. The van der Waals surface area contributed by atoms with Gasteiger partial charge in [0.25, 0.3) is 5.91 Å². The molecule has 3 amide bonds. The molecule has 0 aromatic heterocycles. The predicted molar refractivity (Wildman–Crippen MR) is 105 cm³/mol. The summed E-state index contributed by atoms with van der Waals surface area (Å²) < 4.78 is 4.91. The predicted octanol–water partition coefficient (Wildman–Crippen LogP) is 0.893. The van der Waals surface area contributed by atoms with E-state index in [0.29, 0.717) is 17.8 Å². The number of hydrogen-bond donors (Lipinski definition) is 3. The van der Waals surface area contributed by atoms with Crippen molar-refractivity contribution in [2.45, 2.75) is 64.8 Å². The molecule has 0 radical (unpaired) electrons. The van der Waals surface area contributed by atoms with Gasteiger partial charge in [0.2, 0.25) is 11.8 Å². The number of ether oxygens (including phenoxy) is 1. The zero-order valence-electron chi connectivity index (χ0n) is 17.4. The molecule has 0 heterocycles. The van der Waals surface area contributed by atoms with E-state index in [9.17, 15) is 19.2 Å². The highest BCUT2D eigenvalue weighted by atomic mass is 16.5. The molecule has 29 heavy (non-hydrogen) atoms. The summed E-state index contributed by atoms with van der Waals surface area (Å²) in [6, 6.07) is -0.00845. The molecule has 4 bridgehead atoms. The lowest BCUT2D eigenvalue weighted by atomic mass is 9.49. The summed E-state index contributed by atoms with van der Waals surface area (Å²) in [6.45, 7) is 3.28. The fraction of sp³-hybridized carbons (Fsp3) is 0.810. The van der Waals surface area contributed by atoms with E-state index in [-0.39, 0.29) is 42.8 Å². The third-order valence-electron chi connectivity index (χ3n) is 6.39. The minimum atomic E-state index is -0.544. The first-order chi connectivity index (χ1) is 13.8. The van der Waals surface area contributed by atoms with Crippen molar-refractivity contribution in [3.05, 3.63) is 0 Å². The number of rotatable bonds is 9. The van der Waals surface area contributed by atoms with E-state index in [1.807, 2.05) is 13.8 Å². The molecule has 4 rings (SSSR count). The van der Waals surface area contributed by atoms with Gasteiger partial charge in [0.15, 0.2) is 6.61 Å². The Balaban J connectivity index is 1.30. The summed E-state index contributed by atoms with van der Waals surface area (Å²) in [6.07, 6.45) is 6.82. The zero-order chi connectivity index (χ0) is 21.0. The van der Waals surface area contributed by atoms with E-state index < -0.39 is 18.5 Å². The number of carbonyl (C=O) groups is 4. The highest BCUT2D eigenvalue weighted by molar-refractivity contribution is 5.86. The maximum atomic E-state index is 12.8. The third-order valence-corrected chi connectivity index (χ3v) is 6.39. The first kappa shape index (κ1) is 21.6. The van der Waals surface area contributed by atoms with Crippen molar-refractivity contribution in [3.63, 3.8) is 0 Å². The van der Waals surface area contributed by atoms with Gasteiger partial charge in [-0.25, -0.2) is 0 Å². The molecule has 8 heteroatoms. The second kappa shape index (κ2) is 9.13. The van der Waals surface area contributed by atoms with Gasteiger partial charge in [-0.1, -0.05) is 0 Å². The molecule has 0 unspecified atom stereocenters. The molecule has 4 aliphatic rings. The summed E-state index contributed by atoms with van der Waals surface area (Å²) >= 11 is 0. The molecular formula is C21H33N3O5. The lowest BCUT2D eigenvalue weighted by molar-refractivity contribution is -0.149. The first-order valence-electron chi connectivity index (χ1n) is 10.8. The molecule has 0 saturated heterocycles. The number of hydrogen-bond acceptors (Lipinski definition) is 5. The Bertz CT molecular complexity index is 625. The van der Waals surface area contributed by atoms with Crippen LogP contribution in [0.15, 0.2) is 0 Å². The Hall–Kier alpha value is -2.12. The van der Waals surface area contributed by atoms with E-state index in [2.05, 4.69) is 16.0 Å². The summed E-state index contributed by atoms with van der Waals surface area (Å²) in [5.74, 6) is 0.784.